The molecule has 0 amide bonds. The Balaban J connectivity index is 1.62. The number of esters is 1. The Morgan fingerprint density at radius 2 is 1.76 bits per heavy atom. The van der Waals surface area contributed by atoms with E-state index >= 15 is 0 Å². The van der Waals surface area contributed by atoms with Crippen LogP contribution >= 0.6 is 0 Å². The fraction of sp³-hybridized carbons (Fsp3) is 0.929. The number of carbonyl (C=O) groups is 1. The van der Waals surface area contributed by atoms with E-state index in [0.717, 1.165) is 32.5 Å². The van der Waals surface area contributed by atoms with Crippen molar-refractivity contribution in [3.63, 3.8) is 0 Å². The summed E-state index contributed by atoms with van der Waals surface area (Å²) >= 11 is 0. The lowest BCUT2D eigenvalue weighted by Gasteiger charge is -2.51. The smallest absolute Gasteiger partial charge is 0.313 e. The number of rotatable bonds is 2. The van der Waals surface area contributed by atoms with Gasteiger partial charge in [0.05, 0.1) is 16.9 Å². The maximum atomic E-state index is 12.5. The minimum absolute atomic E-state index is 0.144. The summed E-state index contributed by atoms with van der Waals surface area (Å²) in [5.41, 5.74) is -0.575. The highest BCUT2D eigenvalue weighted by atomic mass is 32.2. The van der Waals surface area contributed by atoms with Crippen molar-refractivity contribution in [1.29, 1.82) is 0 Å². The predicted octanol–water partition coefficient (Wildman–Crippen LogP) is 0.0436. The van der Waals surface area contributed by atoms with Crippen LogP contribution in [0.2, 0.25) is 0 Å². The Kier molecular flexibility index (Phi) is 3.78. The van der Waals surface area contributed by atoms with Crippen molar-refractivity contribution in [3.05, 3.63) is 0 Å². The van der Waals surface area contributed by atoms with Gasteiger partial charge in [-0.3, -0.25) is 10.1 Å². The monoisotopic (exact) mass is 316 g/mol. The Hall–Kier alpha value is -0.660. The number of ether oxygens (including phenoxy) is 1. The standard InChI is InChI=1S/C14H24N2O4S/c1-13(2-6-15-7-3-13)12(17)20-11-14(10-16-11)4-8-21(18,19)9-5-14/h11,15-16H,2-10H2,1H3. The van der Waals surface area contributed by atoms with Crippen molar-refractivity contribution >= 4 is 15.8 Å². The van der Waals surface area contributed by atoms with E-state index < -0.39 is 15.3 Å². The molecule has 1 spiro atoms. The van der Waals surface area contributed by atoms with Crippen LogP contribution in [-0.4, -0.2) is 51.8 Å². The summed E-state index contributed by atoms with van der Waals surface area (Å²) in [6.45, 7) is 4.39. The molecule has 2 N–H and O–H groups in total. The minimum atomic E-state index is -2.89. The zero-order valence-electron chi connectivity index (χ0n) is 12.5. The first-order valence-corrected chi connectivity index (χ1v) is 9.53. The zero-order valence-corrected chi connectivity index (χ0v) is 13.3. The normalized spacial score (nSPS) is 33.1. The SMILES string of the molecule is CC1(C(=O)OC2NCC23CCS(=O)(=O)CC3)CCNCC1. The van der Waals surface area contributed by atoms with Crippen LogP contribution in [0.1, 0.15) is 32.6 Å². The molecular formula is C14H24N2O4S. The Morgan fingerprint density at radius 1 is 1.14 bits per heavy atom. The van der Waals surface area contributed by atoms with E-state index in [1.807, 2.05) is 6.92 Å². The zero-order chi connectivity index (χ0) is 15.1. The highest BCUT2D eigenvalue weighted by Gasteiger charge is 2.53. The number of carbonyl (C=O) groups excluding carboxylic acids is 1. The van der Waals surface area contributed by atoms with Gasteiger partial charge >= 0.3 is 5.97 Å². The second kappa shape index (κ2) is 5.21. The van der Waals surface area contributed by atoms with Crippen LogP contribution in [0.15, 0.2) is 0 Å². The van der Waals surface area contributed by atoms with E-state index in [-0.39, 0.29) is 29.1 Å². The summed E-state index contributed by atoms with van der Waals surface area (Å²) in [5, 5.41) is 6.42. The lowest BCUT2D eigenvalue weighted by molar-refractivity contribution is -0.186. The van der Waals surface area contributed by atoms with Crippen LogP contribution in [0.25, 0.3) is 0 Å². The van der Waals surface area contributed by atoms with E-state index in [0.29, 0.717) is 12.8 Å². The Morgan fingerprint density at radius 3 is 2.29 bits per heavy atom. The van der Waals surface area contributed by atoms with E-state index in [2.05, 4.69) is 10.6 Å². The van der Waals surface area contributed by atoms with E-state index in [9.17, 15) is 13.2 Å². The molecule has 0 aromatic carbocycles. The van der Waals surface area contributed by atoms with Crippen LogP contribution < -0.4 is 10.6 Å². The molecule has 0 aromatic heterocycles. The van der Waals surface area contributed by atoms with Gasteiger partial charge in [0.2, 0.25) is 0 Å². The number of piperidine rings is 1. The molecule has 6 nitrogen and oxygen atoms in total. The van der Waals surface area contributed by atoms with Crippen molar-refractivity contribution in [2.75, 3.05) is 31.1 Å². The van der Waals surface area contributed by atoms with Gasteiger partial charge < -0.3 is 10.1 Å². The highest BCUT2D eigenvalue weighted by Crippen LogP contribution is 2.43. The summed E-state index contributed by atoms with van der Waals surface area (Å²) in [4.78, 5) is 12.5. The fourth-order valence-electron chi connectivity index (χ4n) is 3.46. The summed E-state index contributed by atoms with van der Waals surface area (Å²) in [6, 6.07) is 0. The molecule has 7 heteroatoms. The van der Waals surface area contributed by atoms with Gasteiger partial charge in [0.1, 0.15) is 9.84 Å². The Labute approximate surface area is 125 Å². The molecule has 1 atom stereocenters. The van der Waals surface area contributed by atoms with E-state index in [1.54, 1.807) is 0 Å². The van der Waals surface area contributed by atoms with Crippen LogP contribution in [0.5, 0.6) is 0 Å². The van der Waals surface area contributed by atoms with Crippen LogP contribution in [0, 0.1) is 10.8 Å². The molecular weight excluding hydrogens is 292 g/mol. The van der Waals surface area contributed by atoms with Crippen molar-refractivity contribution in [2.45, 2.75) is 38.8 Å². The van der Waals surface area contributed by atoms with Gasteiger partial charge in [-0.15, -0.1) is 0 Å². The largest absolute Gasteiger partial charge is 0.445 e. The van der Waals surface area contributed by atoms with Crippen molar-refractivity contribution in [2.24, 2.45) is 10.8 Å². The number of sulfone groups is 1. The number of hydrogen-bond acceptors (Lipinski definition) is 6. The molecule has 3 rings (SSSR count). The van der Waals surface area contributed by atoms with Crippen LogP contribution in [0.3, 0.4) is 0 Å². The molecule has 120 valence electrons. The third kappa shape index (κ3) is 2.83. The van der Waals surface area contributed by atoms with Gasteiger partial charge in [-0.25, -0.2) is 8.42 Å². The molecule has 3 heterocycles. The summed E-state index contributed by atoms with van der Waals surface area (Å²) < 4.78 is 28.9. The van der Waals surface area contributed by atoms with Crippen LogP contribution in [0.4, 0.5) is 0 Å². The average molecular weight is 316 g/mol. The van der Waals surface area contributed by atoms with Gasteiger partial charge in [0, 0.05) is 12.0 Å². The summed E-state index contributed by atoms with van der Waals surface area (Å²) in [7, 11) is -2.89. The first-order chi connectivity index (χ1) is 9.85. The van der Waals surface area contributed by atoms with Gasteiger partial charge in [-0.1, -0.05) is 0 Å². The summed E-state index contributed by atoms with van der Waals surface area (Å²) in [6.07, 6.45) is 2.46. The van der Waals surface area contributed by atoms with Gasteiger partial charge in [0.25, 0.3) is 0 Å². The molecule has 1 unspecified atom stereocenters. The molecule has 3 aliphatic heterocycles. The molecule has 3 fully saturated rings. The molecule has 0 aromatic rings. The molecule has 0 saturated carbocycles. The molecule has 3 aliphatic rings. The molecule has 0 aliphatic carbocycles. The number of hydrogen-bond donors (Lipinski definition) is 2. The average Bonchev–Trinajstić information content (AvgIpc) is 2.44. The predicted molar refractivity (Wildman–Crippen MR) is 78.4 cm³/mol. The fourth-order valence-corrected chi connectivity index (χ4v) is 5.10. The second-order valence-electron chi connectivity index (χ2n) is 6.99. The van der Waals surface area contributed by atoms with E-state index in [4.69, 9.17) is 4.74 Å². The molecule has 3 saturated heterocycles. The van der Waals surface area contributed by atoms with E-state index in [1.165, 1.54) is 0 Å². The topological polar surface area (TPSA) is 84.5 Å². The quantitative estimate of drug-likeness (QED) is 0.700. The summed E-state index contributed by atoms with van der Waals surface area (Å²) in [5.74, 6) is 0.280. The molecule has 21 heavy (non-hydrogen) atoms. The first kappa shape index (κ1) is 15.2. The maximum Gasteiger partial charge on any atom is 0.313 e. The Bertz CT molecular complexity index is 511. The number of nitrogens with one attached hydrogen (secondary N) is 2. The third-order valence-corrected chi connectivity index (χ3v) is 7.09. The van der Waals surface area contributed by atoms with Crippen molar-refractivity contribution in [3.8, 4) is 0 Å². The highest BCUT2D eigenvalue weighted by molar-refractivity contribution is 7.91. The lowest BCUT2D eigenvalue weighted by Crippen LogP contribution is -2.66. The van der Waals surface area contributed by atoms with Gasteiger partial charge in [-0.05, 0) is 45.7 Å². The first-order valence-electron chi connectivity index (χ1n) is 7.71. The van der Waals surface area contributed by atoms with Gasteiger partial charge in [0.15, 0.2) is 6.23 Å². The van der Waals surface area contributed by atoms with Crippen LogP contribution in [-0.2, 0) is 19.4 Å². The molecule has 0 bridgehead atoms. The lowest BCUT2D eigenvalue weighted by atomic mass is 9.74. The van der Waals surface area contributed by atoms with Crippen molar-refractivity contribution in [1.82, 2.24) is 10.6 Å². The molecule has 0 radical (unpaired) electrons. The van der Waals surface area contributed by atoms with Gasteiger partial charge in [-0.2, -0.15) is 0 Å². The second-order valence-corrected chi connectivity index (χ2v) is 9.29. The van der Waals surface area contributed by atoms with Crippen molar-refractivity contribution < 1.29 is 17.9 Å². The third-order valence-electron chi connectivity index (χ3n) is 5.44. The minimum Gasteiger partial charge on any atom is -0.445 e. The maximum absolute atomic E-state index is 12.5.